The molecular weight excluding hydrogens is 338 g/mol. The maximum Gasteiger partial charge on any atom is 0.223 e. The summed E-state index contributed by atoms with van der Waals surface area (Å²) in [5.74, 6) is -0.0188. The van der Waals surface area contributed by atoms with Gasteiger partial charge in [0.25, 0.3) is 0 Å². The molecule has 1 saturated heterocycles. The van der Waals surface area contributed by atoms with Crippen molar-refractivity contribution in [3.8, 4) is 0 Å². The monoisotopic (exact) mass is 375 g/mol. The van der Waals surface area contributed by atoms with Gasteiger partial charge in [0.15, 0.2) is 0 Å². The number of rotatable bonds is 10. The average Bonchev–Trinajstić information content (AvgIpc) is 2.67. The molecule has 0 radical (unpaired) electrons. The lowest BCUT2D eigenvalue weighted by Crippen LogP contribution is -2.44. The summed E-state index contributed by atoms with van der Waals surface area (Å²) in [6.45, 7) is 7.92. The van der Waals surface area contributed by atoms with E-state index in [1.165, 1.54) is 19.3 Å². The molecule has 0 bridgehead atoms. The second-order valence-electron chi connectivity index (χ2n) is 8.20. The average molecular weight is 376 g/mol. The van der Waals surface area contributed by atoms with Crippen molar-refractivity contribution in [2.24, 2.45) is 17.6 Å². The molecule has 0 aliphatic carbocycles. The van der Waals surface area contributed by atoms with E-state index in [1.54, 1.807) is 0 Å². The van der Waals surface area contributed by atoms with Gasteiger partial charge in [0.1, 0.15) is 0 Å². The highest BCUT2D eigenvalue weighted by Crippen LogP contribution is 2.20. The molecule has 0 saturated carbocycles. The van der Waals surface area contributed by atoms with Crippen LogP contribution in [-0.4, -0.2) is 54.2 Å². The fourth-order valence-electron chi connectivity index (χ4n) is 3.79. The van der Waals surface area contributed by atoms with Gasteiger partial charge >= 0.3 is 0 Å². The van der Waals surface area contributed by atoms with E-state index in [0.717, 1.165) is 25.2 Å². The van der Waals surface area contributed by atoms with Crippen LogP contribution in [0.25, 0.3) is 0 Å². The summed E-state index contributed by atoms with van der Waals surface area (Å²) in [5.41, 5.74) is 7.31. The molecule has 0 spiro atoms. The van der Waals surface area contributed by atoms with Gasteiger partial charge in [-0.3, -0.25) is 4.79 Å². The van der Waals surface area contributed by atoms with Crippen LogP contribution in [0.15, 0.2) is 30.3 Å². The molecule has 1 amide bonds. The van der Waals surface area contributed by atoms with Crippen LogP contribution in [0.1, 0.15) is 45.1 Å². The number of nitrogens with two attached hydrogens (primary N) is 1. The Balaban J connectivity index is 1.79. The zero-order valence-electron chi connectivity index (χ0n) is 16.9. The Hall–Kier alpha value is -1.43. The molecule has 0 unspecified atom stereocenters. The minimum absolute atomic E-state index is 0.0352. The number of nitrogens with one attached hydrogen (secondary N) is 1. The van der Waals surface area contributed by atoms with E-state index in [9.17, 15) is 9.90 Å². The maximum absolute atomic E-state index is 12.7. The van der Waals surface area contributed by atoms with Gasteiger partial charge in [-0.25, -0.2) is 0 Å². The van der Waals surface area contributed by atoms with E-state index in [2.05, 4.69) is 10.2 Å². The second-order valence-corrected chi connectivity index (χ2v) is 8.20. The Kier molecular flexibility index (Phi) is 9.25. The smallest absolute Gasteiger partial charge is 0.223 e. The molecule has 27 heavy (non-hydrogen) atoms. The van der Waals surface area contributed by atoms with Gasteiger partial charge in [-0.1, -0.05) is 50.6 Å². The van der Waals surface area contributed by atoms with Crippen LogP contribution < -0.4 is 11.1 Å². The highest BCUT2D eigenvalue weighted by Gasteiger charge is 2.28. The highest BCUT2D eigenvalue weighted by atomic mass is 16.3. The Morgan fingerprint density at radius 2 is 1.85 bits per heavy atom. The third-order valence-electron chi connectivity index (χ3n) is 5.62. The lowest BCUT2D eigenvalue weighted by Gasteiger charge is -2.28. The number of carbonyl (C=O) groups is 1. The number of benzene rings is 1. The molecule has 1 aliphatic rings. The summed E-state index contributed by atoms with van der Waals surface area (Å²) in [7, 11) is 0. The Bertz CT molecular complexity index is 544. The molecule has 1 aliphatic heterocycles. The van der Waals surface area contributed by atoms with E-state index < -0.39 is 6.10 Å². The quantitative estimate of drug-likeness (QED) is 0.586. The minimum Gasteiger partial charge on any atom is -0.391 e. The topological polar surface area (TPSA) is 78.6 Å². The minimum atomic E-state index is -0.689. The number of likely N-dealkylation sites (tertiary alicyclic amines) is 1. The van der Waals surface area contributed by atoms with Gasteiger partial charge in [0.2, 0.25) is 5.91 Å². The number of hydrogen-bond acceptors (Lipinski definition) is 4. The first-order chi connectivity index (χ1) is 13.0. The highest BCUT2D eigenvalue weighted by molar-refractivity contribution is 5.78. The van der Waals surface area contributed by atoms with Crippen LogP contribution in [-0.2, 0) is 11.2 Å². The molecule has 1 aromatic rings. The van der Waals surface area contributed by atoms with E-state index in [0.29, 0.717) is 19.4 Å². The lowest BCUT2D eigenvalue weighted by atomic mass is 9.86. The summed E-state index contributed by atoms with van der Waals surface area (Å²) in [6, 6.07) is 9.57. The molecule has 1 fully saturated rings. The maximum atomic E-state index is 12.7. The Morgan fingerprint density at radius 3 is 2.48 bits per heavy atom. The van der Waals surface area contributed by atoms with Crippen LogP contribution >= 0.6 is 0 Å². The van der Waals surface area contributed by atoms with Crippen molar-refractivity contribution >= 4 is 5.91 Å². The molecular formula is C22H37N3O2. The first-order valence-electron chi connectivity index (χ1n) is 10.4. The fraction of sp³-hybridized carbons (Fsp3) is 0.682. The van der Waals surface area contributed by atoms with Crippen LogP contribution in [0, 0.1) is 11.8 Å². The van der Waals surface area contributed by atoms with E-state index in [1.807, 2.05) is 44.2 Å². The molecule has 5 nitrogen and oxygen atoms in total. The molecule has 3 atom stereocenters. The standard InChI is InChI=1S/C22H37N3O2/c1-17(2)19(22(27)24-11-14-25-12-7-4-8-13-25)16-21(26)20(23)15-18-9-5-3-6-10-18/h3,5-6,9-10,17,19-21,26H,4,7-8,11-16,23H2,1-2H3,(H,24,27)/t19-,20+,21+/m1/s1. The number of nitrogens with zero attached hydrogens (tertiary/aromatic N) is 1. The molecule has 152 valence electrons. The van der Waals surface area contributed by atoms with Crippen LogP contribution in [0.2, 0.25) is 0 Å². The van der Waals surface area contributed by atoms with E-state index in [4.69, 9.17) is 5.73 Å². The number of aliphatic hydroxyl groups is 1. The zero-order valence-corrected chi connectivity index (χ0v) is 16.9. The number of hydrogen-bond donors (Lipinski definition) is 3. The number of aliphatic hydroxyl groups excluding tert-OH is 1. The Morgan fingerprint density at radius 1 is 1.19 bits per heavy atom. The first-order valence-corrected chi connectivity index (χ1v) is 10.4. The summed E-state index contributed by atoms with van der Waals surface area (Å²) >= 11 is 0. The SMILES string of the molecule is CC(C)[C@@H](C[C@H](O)[C@@H](N)Cc1ccccc1)C(=O)NCCN1CCCCC1. The molecule has 5 heteroatoms. The number of carbonyl (C=O) groups excluding carboxylic acids is 1. The van der Waals surface area contributed by atoms with E-state index in [-0.39, 0.29) is 23.8 Å². The van der Waals surface area contributed by atoms with Crippen molar-refractivity contribution in [2.75, 3.05) is 26.2 Å². The molecule has 1 heterocycles. The molecule has 4 N–H and O–H groups in total. The van der Waals surface area contributed by atoms with Gasteiger partial charge in [-0.2, -0.15) is 0 Å². The van der Waals surface area contributed by atoms with Crippen LogP contribution in [0.4, 0.5) is 0 Å². The van der Waals surface area contributed by atoms with Crippen LogP contribution in [0.3, 0.4) is 0 Å². The van der Waals surface area contributed by atoms with E-state index >= 15 is 0 Å². The number of piperidine rings is 1. The predicted molar refractivity (Wildman–Crippen MR) is 110 cm³/mol. The third-order valence-corrected chi connectivity index (χ3v) is 5.62. The number of amides is 1. The molecule has 2 rings (SSSR count). The third kappa shape index (κ3) is 7.60. The van der Waals surface area contributed by atoms with Crippen molar-refractivity contribution in [2.45, 2.75) is 58.1 Å². The van der Waals surface area contributed by atoms with Gasteiger partial charge < -0.3 is 21.1 Å². The summed E-state index contributed by atoms with van der Waals surface area (Å²) in [6.07, 6.45) is 4.16. The Labute approximate surface area is 164 Å². The first kappa shape index (κ1) is 21.9. The van der Waals surface area contributed by atoms with Crippen molar-refractivity contribution in [1.29, 1.82) is 0 Å². The fourth-order valence-corrected chi connectivity index (χ4v) is 3.79. The van der Waals surface area contributed by atoms with Crippen molar-refractivity contribution in [1.82, 2.24) is 10.2 Å². The van der Waals surface area contributed by atoms with Gasteiger partial charge in [0.05, 0.1) is 6.10 Å². The second kappa shape index (κ2) is 11.4. The summed E-state index contributed by atoms with van der Waals surface area (Å²) < 4.78 is 0. The summed E-state index contributed by atoms with van der Waals surface area (Å²) in [5, 5.41) is 13.6. The molecule has 1 aromatic carbocycles. The largest absolute Gasteiger partial charge is 0.391 e. The molecule has 0 aromatic heterocycles. The van der Waals surface area contributed by atoms with Crippen LogP contribution in [0.5, 0.6) is 0 Å². The zero-order chi connectivity index (χ0) is 19.6. The van der Waals surface area contributed by atoms with Crippen molar-refractivity contribution in [3.63, 3.8) is 0 Å². The summed E-state index contributed by atoms with van der Waals surface area (Å²) in [4.78, 5) is 15.1. The van der Waals surface area contributed by atoms with Crippen molar-refractivity contribution < 1.29 is 9.90 Å². The van der Waals surface area contributed by atoms with Gasteiger partial charge in [-0.15, -0.1) is 0 Å². The van der Waals surface area contributed by atoms with Gasteiger partial charge in [-0.05, 0) is 50.3 Å². The lowest BCUT2D eigenvalue weighted by molar-refractivity contribution is -0.127. The van der Waals surface area contributed by atoms with Crippen molar-refractivity contribution in [3.05, 3.63) is 35.9 Å². The predicted octanol–water partition coefficient (Wildman–Crippen LogP) is 2.18. The van der Waals surface area contributed by atoms with Gasteiger partial charge in [0, 0.05) is 25.0 Å². The normalized spacial score (nSPS) is 18.9.